The van der Waals surface area contributed by atoms with Crippen LogP contribution in [-0.2, 0) is 19.2 Å². The molecule has 3 unspecified atom stereocenters. The first-order chi connectivity index (χ1) is 20.9. The molecule has 1 aliphatic rings. The predicted molar refractivity (Wildman–Crippen MR) is 157 cm³/mol. The third kappa shape index (κ3) is 9.14. The summed E-state index contributed by atoms with van der Waals surface area (Å²) in [5.41, 5.74) is 2.61. The Morgan fingerprint density at radius 3 is 1.70 bits per heavy atom. The van der Waals surface area contributed by atoms with Gasteiger partial charge in [-0.25, -0.2) is 4.79 Å². The molecule has 1 saturated heterocycles. The van der Waals surface area contributed by atoms with E-state index in [1.807, 2.05) is 91.0 Å². The molecule has 3 aromatic carbocycles. The minimum atomic E-state index is -5.08. The summed E-state index contributed by atoms with van der Waals surface area (Å²) in [5.74, 6) is -3.52. The van der Waals surface area contributed by atoms with Gasteiger partial charge in [0, 0.05) is 6.54 Å². The number of halogens is 3. The van der Waals surface area contributed by atoms with Gasteiger partial charge in [0.15, 0.2) is 0 Å². The number of nitrogens with one attached hydrogen (secondary N) is 3. The van der Waals surface area contributed by atoms with Gasteiger partial charge in [0.25, 0.3) is 0 Å². The first kappa shape index (κ1) is 33.8. The third-order valence-electron chi connectivity index (χ3n) is 7.13. The molecule has 0 saturated carbocycles. The van der Waals surface area contributed by atoms with Gasteiger partial charge in [-0.1, -0.05) is 91.0 Å². The van der Waals surface area contributed by atoms with Crippen LogP contribution in [0.25, 0.3) is 0 Å². The molecule has 3 atom stereocenters. The third-order valence-corrected chi connectivity index (χ3v) is 7.13. The fourth-order valence-corrected chi connectivity index (χ4v) is 4.69. The second-order valence-electron chi connectivity index (χ2n) is 10.1. The van der Waals surface area contributed by atoms with E-state index >= 15 is 0 Å². The van der Waals surface area contributed by atoms with Crippen molar-refractivity contribution in [1.29, 1.82) is 0 Å². The molecule has 1 heterocycles. The summed E-state index contributed by atoms with van der Waals surface area (Å²) in [6, 6.07) is 26.5. The fraction of sp³-hybridized carbons (Fsp3) is 0.312. The summed E-state index contributed by atoms with van der Waals surface area (Å²) in [5, 5.41) is 16.1. The van der Waals surface area contributed by atoms with Crippen LogP contribution in [0.3, 0.4) is 0 Å². The van der Waals surface area contributed by atoms with Crippen LogP contribution in [0.2, 0.25) is 0 Å². The smallest absolute Gasteiger partial charge is 0.475 e. The molecular weight excluding hydrogens is 577 g/mol. The summed E-state index contributed by atoms with van der Waals surface area (Å²) in [7, 11) is 1.69. The maximum Gasteiger partial charge on any atom is 0.490 e. The molecule has 9 nitrogen and oxygen atoms in total. The van der Waals surface area contributed by atoms with Crippen molar-refractivity contribution >= 4 is 23.7 Å². The number of hydrogen-bond donors (Lipinski definition) is 4. The maximum absolute atomic E-state index is 13.8. The van der Waals surface area contributed by atoms with Crippen LogP contribution in [0.4, 0.5) is 13.2 Å². The number of carbonyl (C=O) groups excluding carboxylic acids is 3. The second kappa shape index (κ2) is 15.7. The molecule has 1 fully saturated rings. The molecule has 4 rings (SSSR count). The van der Waals surface area contributed by atoms with Gasteiger partial charge >= 0.3 is 12.1 Å². The molecule has 0 aliphatic carbocycles. The van der Waals surface area contributed by atoms with Gasteiger partial charge in [0.2, 0.25) is 17.7 Å². The van der Waals surface area contributed by atoms with E-state index in [1.54, 1.807) is 18.9 Å². The van der Waals surface area contributed by atoms with Crippen molar-refractivity contribution in [2.75, 3.05) is 13.6 Å². The molecule has 0 aromatic heterocycles. The Bertz CT molecular complexity index is 1350. The normalized spacial score (nSPS) is 15.9. The Kier molecular flexibility index (Phi) is 12.0. The average molecular weight is 613 g/mol. The molecule has 0 spiro atoms. The lowest BCUT2D eigenvalue weighted by molar-refractivity contribution is -0.192. The first-order valence-electron chi connectivity index (χ1n) is 14.0. The zero-order valence-corrected chi connectivity index (χ0v) is 24.3. The molecule has 0 bridgehead atoms. The minimum absolute atomic E-state index is 0.203. The maximum atomic E-state index is 13.8. The number of carboxylic acids is 1. The van der Waals surface area contributed by atoms with Crippen LogP contribution >= 0.6 is 0 Å². The minimum Gasteiger partial charge on any atom is -0.475 e. The van der Waals surface area contributed by atoms with Crippen molar-refractivity contribution in [2.45, 2.75) is 50.1 Å². The highest BCUT2D eigenvalue weighted by molar-refractivity contribution is 5.94. The standard InChI is InChI=1S/C30H34N4O3.C2HF3O2/c1-21(31-2)28(35)33-27(24-17-10-5-11-18-24)30(37)34-20-12-19-25(34)29(36)32-26(22-13-6-3-7-14-22)23-15-8-4-9-16-23;3-2(4,5)1(6)7/h3-11,13-18,21,25-27,31H,12,19-20H2,1-2H3,(H,32,36)(H,33,35);(H,6,7). The second-order valence-corrected chi connectivity index (χ2v) is 10.1. The molecule has 0 radical (unpaired) electrons. The van der Waals surface area contributed by atoms with Crippen LogP contribution < -0.4 is 16.0 Å². The van der Waals surface area contributed by atoms with Crippen molar-refractivity contribution in [1.82, 2.24) is 20.9 Å². The lowest BCUT2D eigenvalue weighted by Crippen LogP contribution is -2.52. The molecule has 44 heavy (non-hydrogen) atoms. The zero-order chi connectivity index (χ0) is 32.3. The van der Waals surface area contributed by atoms with Gasteiger partial charge in [0.05, 0.1) is 12.1 Å². The van der Waals surface area contributed by atoms with E-state index < -0.39 is 30.3 Å². The highest BCUT2D eigenvalue weighted by Crippen LogP contribution is 2.27. The van der Waals surface area contributed by atoms with Gasteiger partial charge in [-0.15, -0.1) is 0 Å². The summed E-state index contributed by atoms with van der Waals surface area (Å²) < 4.78 is 31.7. The Morgan fingerprint density at radius 1 is 0.818 bits per heavy atom. The predicted octanol–water partition coefficient (Wildman–Crippen LogP) is 3.98. The van der Waals surface area contributed by atoms with Gasteiger partial charge in [0.1, 0.15) is 12.1 Å². The van der Waals surface area contributed by atoms with Gasteiger partial charge in [-0.05, 0) is 43.5 Å². The summed E-state index contributed by atoms with van der Waals surface area (Å²) in [4.78, 5) is 50.7. The van der Waals surface area contributed by atoms with Crippen LogP contribution in [-0.4, -0.2) is 65.5 Å². The number of benzene rings is 3. The molecule has 4 N–H and O–H groups in total. The largest absolute Gasteiger partial charge is 0.490 e. The lowest BCUT2D eigenvalue weighted by atomic mass is 9.98. The summed E-state index contributed by atoms with van der Waals surface area (Å²) in [6.45, 7) is 2.19. The number of alkyl halides is 3. The van der Waals surface area contributed by atoms with Gasteiger partial charge in [-0.2, -0.15) is 13.2 Å². The molecule has 1 aliphatic heterocycles. The van der Waals surface area contributed by atoms with E-state index in [1.165, 1.54) is 0 Å². The van der Waals surface area contributed by atoms with E-state index in [-0.39, 0.29) is 23.8 Å². The molecular formula is C32H35F3N4O5. The van der Waals surface area contributed by atoms with Crippen molar-refractivity contribution in [3.63, 3.8) is 0 Å². The average Bonchev–Trinajstić information content (AvgIpc) is 3.53. The highest BCUT2D eigenvalue weighted by Gasteiger charge is 2.39. The van der Waals surface area contributed by atoms with E-state index in [0.717, 1.165) is 11.1 Å². The molecule has 12 heteroatoms. The van der Waals surface area contributed by atoms with E-state index in [0.29, 0.717) is 24.9 Å². The number of hydrogen-bond acceptors (Lipinski definition) is 5. The molecule has 234 valence electrons. The van der Waals surface area contributed by atoms with Crippen molar-refractivity contribution in [3.8, 4) is 0 Å². The lowest BCUT2D eigenvalue weighted by Gasteiger charge is -2.31. The number of aliphatic carboxylic acids is 1. The number of carboxylic acid groups (broad SMARTS) is 1. The van der Waals surface area contributed by atoms with Gasteiger partial charge < -0.3 is 26.0 Å². The van der Waals surface area contributed by atoms with Crippen molar-refractivity contribution in [2.24, 2.45) is 0 Å². The number of likely N-dealkylation sites (tertiary alicyclic amines) is 1. The van der Waals surface area contributed by atoms with Crippen molar-refractivity contribution < 1.29 is 37.5 Å². The SMILES string of the molecule is CNC(C)C(=O)NC(C(=O)N1CCCC1C(=O)NC(c1ccccc1)c1ccccc1)c1ccccc1.O=C(O)C(F)(F)F. The quantitative estimate of drug-likeness (QED) is 0.290. The van der Waals surface area contributed by atoms with E-state index in [9.17, 15) is 27.6 Å². The number of likely N-dealkylation sites (N-methyl/N-ethyl adjacent to an activating group) is 1. The summed E-state index contributed by atoms with van der Waals surface area (Å²) >= 11 is 0. The van der Waals surface area contributed by atoms with E-state index in [2.05, 4.69) is 16.0 Å². The first-order valence-corrected chi connectivity index (χ1v) is 14.0. The molecule has 3 amide bonds. The number of carbonyl (C=O) groups is 4. The van der Waals surface area contributed by atoms with Gasteiger partial charge in [-0.3, -0.25) is 14.4 Å². The van der Waals surface area contributed by atoms with E-state index in [4.69, 9.17) is 9.90 Å². The summed E-state index contributed by atoms with van der Waals surface area (Å²) in [6.07, 6.45) is -3.80. The number of rotatable bonds is 9. The van der Waals surface area contributed by atoms with Crippen LogP contribution in [0, 0.1) is 0 Å². The fourth-order valence-electron chi connectivity index (χ4n) is 4.69. The molecule has 3 aromatic rings. The topological polar surface area (TPSA) is 128 Å². The Balaban J connectivity index is 0.000000676. The number of amides is 3. The van der Waals surface area contributed by atoms with Crippen LogP contribution in [0.1, 0.15) is 48.5 Å². The van der Waals surface area contributed by atoms with Crippen LogP contribution in [0.15, 0.2) is 91.0 Å². The Labute approximate surface area is 253 Å². The van der Waals surface area contributed by atoms with Crippen LogP contribution in [0.5, 0.6) is 0 Å². The monoisotopic (exact) mass is 612 g/mol. The van der Waals surface area contributed by atoms with Crippen molar-refractivity contribution in [3.05, 3.63) is 108 Å². The Morgan fingerprint density at radius 2 is 1.27 bits per heavy atom. The number of nitrogens with zero attached hydrogens (tertiary/aromatic N) is 1. The highest BCUT2D eigenvalue weighted by atomic mass is 19.4. The Hall–Kier alpha value is -4.71. The zero-order valence-electron chi connectivity index (χ0n) is 24.3.